The molecule has 1 aliphatic rings. The number of hydrogen-bond donors (Lipinski definition) is 2. The number of carbonyl (C=O) groups excluding carboxylic acids is 1. The Bertz CT molecular complexity index is 1010. The summed E-state index contributed by atoms with van der Waals surface area (Å²) in [4.78, 5) is 15.0. The zero-order chi connectivity index (χ0) is 20.4. The Labute approximate surface area is 170 Å². The summed E-state index contributed by atoms with van der Waals surface area (Å²) >= 11 is 0. The molecule has 0 bridgehead atoms. The quantitative estimate of drug-likeness (QED) is 0.620. The molecule has 0 saturated carbocycles. The van der Waals surface area contributed by atoms with E-state index in [1.165, 1.54) is 0 Å². The number of nitrogens with one attached hydrogen (secondary N) is 1. The van der Waals surface area contributed by atoms with Crippen molar-refractivity contribution in [3.8, 4) is 22.8 Å². The number of carbonyl (C=O) groups is 1. The Balaban J connectivity index is 1.83. The van der Waals surface area contributed by atoms with E-state index in [0.29, 0.717) is 30.1 Å². The molecule has 2 heterocycles. The van der Waals surface area contributed by atoms with Crippen LogP contribution in [0, 0.1) is 0 Å². The number of unbranched alkanes of at least 4 members (excludes halogenated alkanes) is 1. The molecule has 1 amide bonds. The van der Waals surface area contributed by atoms with Crippen LogP contribution in [0.1, 0.15) is 54.3 Å². The van der Waals surface area contributed by atoms with E-state index in [1.807, 2.05) is 48.2 Å². The van der Waals surface area contributed by atoms with Crippen LogP contribution >= 0.6 is 0 Å². The van der Waals surface area contributed by atoms with Crippen molar-refractivity contribution in [2.24, 2.45) is 0 Å². The van der Waals surface area contributed by atoms with Crippen LogP contribution in [0.5, 0.6) is 11.5 Å². The molecule has 4 rings (SSSR count). The average molecular weight is 391 g/mol. The van der Waals surface area contributed by atoms with Gasteiger partial charge >= 0.3 is 0 Å². The number of hydrogen-bond acceptors (Lipinski definition) is 4. The minimum Gasteiger partial charge on any atom is -0.507 e. The fourth-order valence-electron chi connectivity index (χ4n) is 3.89. The summed E-state index contributed by atoms with van der Waals surface area (Å²) in [5.41, 5.74) is 3.54. The minimum absolute atomic E-state index is 0.0542. The lowest BCUT2D eigenvalue weighted by Gasteiger charge is -2.26. The number of fused-ring (bicyclic) bond motifs is 1. The second kappa shape index (κ2) is 7.99. The topological polar surface area (TPSA) is 78.5 Å². The summed E-state index contributed by atoms with van der Waals surface area (Å²) in [7, 11) is 0. The predicted molar refractivity (Wildman–Crippen MR) is 111 cm³/mol. The van der Waals surface area contributed by atoms with Gasteiger partial charge in [-0.3, -0.25) is 9.89 Å². The number of phenols is 1. The zero-order valence-electron chi connectivity index (χ0n) is 16.7. The maximum absolute atomic E-state index is 13.2. The highest BCUT2D eigenvalue weighted by Gasteiger charge is 2.42. The molecule has 0 fully saturated rings. The van der Waals surface area contributed by atoms with Gasteiger partial charge in [0.15, 0.2) is 0 Å². The first-order valence-electron chi connectivity index (χ1n) is 10.1. The van der Waals surface area contributed by atoms with E-state index >= 15 is 0 Å². The summed E-state index contributed by atoms with van der Waals surface area (Å²) in [5.74, 6) is 0.891. The first kappa shape index (κ1) is 19.1. The third-order valence-electron chi connectivity index (χ3n) is 5.28. The van der Waals surface area contributed by atoms with Crippen LogP contribution in [0.2, 0.25) is 0 Å². The van der Waals surface area contributed by atoms with Gasteiger partial charge in [0.2, 0.25) is 0 Å². The molecule has 2 aromatic carbocycles. The van der Waals surface area contributed by atoms with Crippen LogP contribution in [0.3, 0.4) is 0 Å². The Morgan fingerprint density at radius 2 is 1.90 bits per heavy atom. The highest BCUT2D eigenvalue weighted by atomic mass is 16.5. The number of phenolic OH excluding ortho intramolecular Hbond substituents is 1. The van der Waals surface area contributed by atoms with E-state index in [-0.39, 0.29) is 17.7 Å². The van der Waals surface area contributed by atoms with Crippen molar-refractivity contribution >= 4 is 5.91 Å². The molecule has 6 nitrogen and oxygen atoms in total. The molecule has 0 radical (unpaired) electrons. The standard InChI is InChI=1S/C23H25N3O3/c1-3-5-14-26-22(15-10-12-16(13-11-15)29-4-2)19-20(24-25-21(19)23(26)28)17-8-6-7-9-18(17)27/h6-13,22,27H,3-5,14H2,1-2H3,(H,24,25)/t22-/m1/s1. The number of aromatic nitrogens is 2. The molecule has 1 aromatic heterocycles. The molecule has 6 heteroatoms. The summed E-state index contributed by atoms with van der Waals surface area (Å²) in [5, 5.41) is 17.7. The van der Waals surface area contributed by atoms with E-state index in [0.717, 1.165) is 29.7 Å². The fraction of sp³-hybridized carbons (Fsp3) is 0.304. The van der Waals surface area contributed by atoms with E-state index < -0.39 is 0 Å². The summed E-state index contributed by atoms with van der Waals surface area (Å²) in [6.07, 6.45) is 1.92. The highest BCUT2D eigenvalue weighted by Crippen LogP contribution is 2.44. The number of aromatic hydroxyl groups is 1. The van der Waals surface area contributed by atoms with Crippen LogP contribution in [0.4, 0.5) is 0 Å². The summed E-state index contributed by atoms with van der Waals surface area (Å²) in [6, 6.07) is 14.7. The van der Waals surface area contributed by atoms with Crippen LogP contribution < -0.4 is 4.74 Å². The van der Waals surface area contributed by atoms with E-state index in [4.69, 9.17) is 4.74 Å². The molecule has 0 saturated heterocycles. The van der Waals surface area contributed by atoms with E-state index in [2.05, 4.69) is 17.1 Å². The number of H-pyrrole nitrogens is 1. The van der Waals surface area contributed by atoms with Crippen molar-refractivity contribution in [3.05, 3.63) is 65.4 Å². The molecule has 0 unspecified atom stereocenters. The molecular formula is C23H25N3O3. The van der Waals surface area contributed by atoms with Crippen molar-refractivity contribution in [1.82, 2.24) is 15.1 Å². The normalized spacial score (nSPS) is 15.6. The van der Waals surface area contributed by atoms with Gasteiger partial charge in [-0.1, -0.05) is 37.6 Å². The lowest BCUT2D eigenvalue weighted by atomic mass is 9.95. The van der Waals surface area contributed by atoms with Gasteiger partial charge in [0.05, 0.1) is 12.6 Å². The molecule has 150 valence electrons. The van der Waals surface area contributed by atoms with Gasteiger partial charge in [0, 0.05) is 17.7 Å². The maximum atomic E-state index is 13.2. The fourth-order valence-corrected chi connectivity index (χ4v) is 3.89. The second-order valence-electron chi connectivity index (χ2n) is 7.13. The molecule has 2 N–H and O–H groups in total. The Morgan fingerprint density at radius 3 is 2.59 bits per heavy atom. The predicted octanol–water partition coefficient (Wildman–Crippen LogP) is 4.53. The molecule has 1 atom stereocenters. The van der Waals surface area contributed by atoms with Gasteiger partial charge < -0.3 is 14.7 Å². The molecule has 1 aliphatic heterocycles. The molecule has 0 aliphatic carbocycles. The number of para-hydroxylation sites is 1. The lowest BCUT2D eigenvalue weighted by molar-refractivity contribution is 0.0741. The number of rotatable bonds is 7. The Kier molecular flexibility index (Phi) is 5.25. The third-order valence-corrected chi connectivity index (χ3v) is 5.28. The van der Waals surface area contributed by atoms with Gasteiger partial charge in [-0.2, -0.15) is 5.10 Å². The van der Waals surface area contributed by atoms with Gasteiger partial charge in [-0.05, 0) is 43.2 Å². The first-order chi connectivity index (χ1) is 14.2. The monoisotopic (exact) mass is 391 g/mol. The van der Waals surface area contributed by atoms with Crippen LogP contribution in [0.25, 0.3) is 11.3 Å². The maximum Gasteiger partial charge on any atom is 0.273 e. The van der Waals surface area contributed by atoms with E-state index in [9.17, 15) is 9.90 Å². The van der Waals surface area contributed by atoms with Gasteiger partial charge in [-0.15, -0.1) is 0 Å². The van der Waals surface area contributed by atoms with Crippen LogP contribution in [-0.4, -0.2) is 39.3 Å². The second-order valence-corrected chi connectivity index (χ2v) is 7.13. The lowest BCUT2D eigenvalue weighted by Crippen LogP contribution is -2.30. The van der Waals surface area contributed by atoms with Crippen molar-refractivity contribution in [2.75, 3.05) is 13.2 Å². The number of ether oxygens (including phenoxy) is 1. The van der Waals surface area contributed by atoms with E-state index in [1.54, 1.807) is 12.1 Å². The van der Waals surface area contributed by atoms with Crippen LogP contribution in [0.15, 0.2) is 48.5 Å². The average Bonchev–Trinajstić information content (AvgIpc) is 3.27. The van der Waals surface area contributed by atoms with Gasteiger partial charge in [0.1, 0.15) is 22.9 Å². The zero-order valence-corrected chi connectivity index (χ0v) is 16.7. The third kappa shape index (κ3) is 3.35. The minimum atomic E-state index is -0.256. The number of nitrogens with zero attached hydrogens (tertiary/aromatic N) is 2. The van der Waals surface area contributed by atoms with Crippen molar-refractivity contribution < 1.29 is 14.6 Å². The number of benzene rings is 2. The van der Waals surface area contributed by atoms with Crippen molar-refractivity contribution in [1.29, 1.82) is 0 Å². The van der Waals surface area contributed by atoms with Crippen molar-refractivity contribution in [2.45, 2.75) is 32.7 Å². The van der Waals surface area contributed by atoms with Crippen LogP contribution in [-0.2, 0) is 0 Å². The molecule has 29 heavy (non-hydrogen) atoms. The van der Waals surface area contributed by atoms with Gasteiger partial charge in [-0.25, -0.2) is 0 Å². The smallest absolute Gasteiger partial charge is 0.273 e. The molecule has 0 spiro atoms. The number of amides is 1. The van der Waals surface area contributed by atoms with Gasteiger partial charge in [0.25, 0.3) is 5.91 Å². The molecular weight excluding hydrogens is 366 g/mol. The SMILES string of the molecule is CCCCN1C(=O)c2[nH]nc(-c3ccccc3O)c2[C@H]1c1ccc(OCC)cc1. The largest absolute Gasteiger partial charge is 0.507 e. The molecule has 3 aromatic rings. The summed E-state index contributed by atoms with van der Waals surface area (Å²) in [6.45, 7) is 5.33. The first-order valence-corrected chi connectivity index (χ1v) is 10.1. The van der Waals surface area contributed by atoms with Crippen molar-refractivity contribution in [3.63, 3.8) is 0 Å². The Morgan fingerprint density at radius 1 is 1.14 bits per heavy atom. The Hall–Kier alpha value is -3.28. The summed E-state index contributed by atoms with van der Waals surface area (Å²) < 4.78 is 5.57. The highest BCUT2D eigenvalue weighted by molar-refractivity contribution is 6.00. The number of aromatic amines is 1.